The number of hydrogen-bond acceptors (Lipinski definition) is 4. The molecule has 1 aliphatic heterocycles. The van der Waals surface area contributed by atoms with Crippen LogP contribution in [0.15, 0.2) is 42.5 Å². The number of rotatable bonds is 2. The Morgan fingerprint density at radius 2 is 1.35 bits per heavy atom. The number of piperazine rings is 1. The molecular weight excluding hydrogens is 291 g/mol. The van der Waals surface area contributed by atoms with E-state index in [4.69, 9.17) is 0 Å². The summed E-state index contributed by atoms with van der Waals surface area (Å²) in [5.74, 6) is -0.226. The maximum absolute atomic E-state index is 13.9. The number of anilines is 2. The van der Waals surface area contributed by atoms with E-state index in [1.165, 1.54) is 6.07 Å². The fourth-order valence-corrected chi connectivity index (χ4v) is 2.94. The van der Waals surface area contributed by atoms with Gasteiger partial charge in [0.05, 0.1) is 22.5 Å². The molecule has 1 aliphatic rings. The Kier molecular flexibility index (Phi) is 4.12. The molecule has 0 saturated carbocycles. The van der Waals surface area contributed by atoms with E-state index in [-0.39, 0.29) is 5.82 Å². The molecule has 1 heterocycles. The van der Waals surface area contributed by atoms with E-state index in [0.717, 1.165) is 0 Å². The molecule has 0 atom stereocenters. The molecule has 1 fully saturated rings. The molecule has 4 nitrogen and oxygen atoms in total. The number of para-hydroxylation sites is 2. The minimum Gasteiger partial charge on any atom is -0.366 e. The van der Waals surface area contributed by atoms with Gasteiger partial charge in [0.1, 0.15) is 18.0 Å². The van der Waals surface area contributed by atoms with Gasteiger partial charge in [0, 0.05) is 26.2 Å². The zero-order chi connectivity index (χ0) is 16.2. The van der Waals surface area contributed by atoms with Crippen LogP contribution in [0.2, 0.25) is 0 Å². The molecule has 114 valence electrons. The van der Waals surface area contributed by atoms with Gasteiger partial charge in [-0.1, -0.05) is 18.2 Å². The highest BCUT2D eigenvalue weighted by atomic mass is 19.1. The normalized spacial score (nSPS) is 14.2. The first-order valence-electron chi connectivity index (χ1n) is 7.42. The Hall–Kier alpha value is -3.05. The van der Waals surface area contributed by atoms with E-state index < -0.39 is 0 Å². The fourth-order valence-electron chi connectivity index (χ4n) is 2.94. The molecule has 0 radical (unpaired) electrons. The Labute approximate surface area is 134 Å². The minimum atomic E-state index is -0.226. The van der Waals surface area contributed by atoms with Crippen molar-refractivity contribution in [3.63, 3.8) is 0 Å². The molecule has 3 rings (SSSR count). The Morgan fingerprint density at radius 3 is 1.91 bits per heavy atom. The summed E-state index contributed by atoms with van der Waals surface area (Å²) in [5.41, 5.74) is 2.29. The second-order valence-corrected chi connectivity index (χ2v) is 5.35. The van der Waals surface area contributed by atoms with Crippen molar-refractivity contribution in [3.05, 3.63) is 59.4 Å². The number of nitriles is 2. The molecule has 0 aliphatic carbocycles. The third-order valence-electron chi connectivity index (χ3n) is 4.07. The first-order valence-corrected chi connectivity index (χ1v) is 7.42. The summed E-state index contributed by atoms with van der Waals surface area (Å²) in [7, 11) is 0. The molecule has 0 unspecified atom stereocenters. The van der Waals surface area contributed by atoms with Crippen LogP contribution in [0.1, 0.15) is 11.1 Å². The molecule has 2 aromatic rings. The van der Waals surface area contributed by atoms with Crippen molar-refractivity contribution >= 4 is 11.4 Å². The number of nitrogens with zero attached hydrogens (tertiary/aromatic N) is 4. The van der Waals surface area contributed by atoms with Crippen LogP contribution in [0.3, 0.4) is 0 Å². The second-order valence-electron chi connectivity index (χ2n) is 5.35. The van der Waals surface area contributed by atoms with Gasteiger partial charge in [-0.3, -0.25) is 0 Å². The van der Waals surface area contributed by atoms with E-state index in [2.05, 4.69) is 12.1 Å². The van der Waals surface area contributed by atoms with Crippen LogP contribution in [-0.2, 0) is 0 Å². The van der Waals surface area contributed by atoms with Crippen LogP contribution in [0.4, 0.5) is 15.8 Å². The van der Waals surface area contributed by atoms with Gasteiger partial charge in [0.15, 0.2) is 0 Å². The van der Waals surface area contributed by atoms with Gasteiger partial charge in [0.25, 0.3) is 0 Å². The van der Waals surface area contributed by atoms with Crippen LogP contribution in [0, 0.1) is 28.5 Å². The minimum absolute atomic E-state index is 0.226. The van der Waals surface area contributed by atoms with Crippen LogP contribution in [-0.4, -0.2) is 26.2 Å². The van der Waals surface area contributed by atoms with E-state index >= 15 is 0 Å². The molecule has 2 aromatic carbocycles. The smallest absolute Gasteiger partial charge is 0.146 e. The Bertz CT molecular complexity index is 763. The number of hydrogen-bond donors (Lipinski definition) is 0. The average Bonchev–Trinajstić information content (AvgIpc) is 2.61. The third kappa shape index (κ3) is 2.82. The lowest BCUT2D eigenvalue weighted by atomic mass is 10.1. The zero-order valence-corrected chi connectivity index (χ0v) is 12.5. The van der Waals surface area contributed by atoms with Crippen molar-refractivity contribution in [2.75, 3.05) is 36.0 Å². The molecule has 1 saturated heterocycles. The second kappa shape index (κ2) is 6.37. The summed E-state index contributed by atoms with van der Waals surface area (Å²) in [5, 5.41) is 18.6. The van der Waals surface area contributed by atoms with Crippen LogP contribution in [0.25, 0.3) is 0 Å². The van der Waals surface area contributed by atoms with Gasteiger partial charge >= 0.3 is 0 Å². The van der Waals surface area contributed by atoms with Crippen LogP contribution in [0.5, 0.6) is 0 Å². The zero-order valence-electron chi connectivity index (χ0n) is 12.5. The Balaban J connectivity index is 1.82. The largest absolute Gasteiger partial charge is 0.366 e. The van der Waals surface area contributed by atoms with Crippen molar-refractivity contribution < 1.29 is 4.39 Å². The summed E-state index contributed by atoms with van der Waals surface area (Å²) < 4.78 is 13.9. The lowest BCUT2D eigenvalue weighted by Crippen LogP contribution is -2.47. The highest BCUT2D eigenvalue weighted by molar-refractivity contribution is 5.68. The summed E-state index contributed by atoms with van der Waals surface area (Å²) in [4.78, 5) is 4.03. The molecule has 0 bridgehead atoms. The van der Waals surface area contributed by atoms with Gasteiger partial charge in [-0.2, -0.15) is 10.5 Å². The predicted molar refractivity (Wildman–Crippen MR) is 86.7 cm³/mol. The highest BCUT2D eigenvalue weighted by Crippen LogP contribution is 2.27. The van der Waals surface area contributed by atoms with E-state index in [9.17, 15) is 14.9 Å². The lowest BCUT2D eigenvalue weighted by molar-refractivity contribution is 0.597. The van der Waals surface area contributed by atoms with Gasteiger partial charge in [-0.15, -0.1) is 0 Å². The highest BCUT2D eigenvalue weighted by Gasteiger charge is 2.23. The van der Waals surface area contributed by atoms with Crippen molar-refractivity contribution in [1.82, 2.24) is 0 Å². The van der Waals surface area contributed by atoms with Crippen LogP contribution >= 0.6 is 0 Å². The standard InChI is InChI=1S/C18H15FN4/c19-16-6-1-2-7-17(16)22-8-10-23(11-9-22)18-14(12-20)4-3-5-15(18)13-21/h1-7H,8-11H2. The number of halogens is 1. The lowest BCUT2D eigenvalue weighted by Gasteiger charge is -2.38. The maximum Gasteiger partial charge on any atom is 0.146 e. The van der Waals surface area contributed by atoms with Crippen molar-refractivity contribution in [3.8, 4) is 12.1 Å². The quantitative estimate of drug-likeness (QED) is 0.856. The van der Waals surface area contributed by atoms with Gasteiger partial charge in [0.2, 0.25) is 0 Å². The SMILES string of the molecule is N#Cc1cccc(C#N)c1N1CCN(c2ccccc2F)CC1. The van der Waals surface area contributed by atoms with E-state index in [1.54, 1.807) is 30.3 Å². The molecule has 0 spiro atoms. The summed E-state index contributed by atoms with van der Waals surface area (Å²) in [6.45, 7) is 2.57. The van der Waals surface area contributed by atoms with Gasteiger partial charge < -0.3 is 9.80 Å². The third-order valence-corrected chi connectivity index (χ3v) is 4.07. The first kappa shape index (κ1) is 14.9. The van der Waals surface area contributed by atoms with Crippen molar-refractivity contribution in [1.29, 1.82) is 10.5 Å². The average molecular weight is 306 g/mol. The van der Waals surface area contributed by atoms with E-state index in [0.29, 0.717) is 48.7 Å². The van der Waals surface area contributed by atoms with Crippen LogP contribution < -0.4 is 9.80 Å². The topological polar surface area (TPSA) is 54.1 Å². The van der Waals surface area contributed by atoms with Gasteiger partial charge in [-0.25, -0.2) is 4.39 Å². The molecule has 0 aromatic heterocycles. The molecular formula is C18H15FN4. The molecule has 0 N–H and O–H groups in total. The van der Waals surface area contributed by atoms with Crippen molar-refractivity contribution in [2.24, 2.45) is 0 Å². The maximum atomic E-state index is 13.9. The summed E-state index contributed by atoms with van der Waals surface area (Å²) >= 11 is 0. The first-order chi connectivity index (χ1) is 11.2. The van der Waals surface area contributed by atoms with E-state index in [1.807, 2.05) is 15.9 Å². The monoisotopic (exact) mass is 306 g/mol. The fraction of sp³-hybridized carbons (Fsp3) is 0.222. The van der Waals surface area contributed by atoms with Gasteiger partial charge in [-0.05, 0) is 24.3 Å². The number of benzene rings is 2. The molecule has 0 amide bonds. The molecule has 23 heavy (non-hydrogen) atoms. The predicted octanol–water partition coefficient (Wildman–Crippen LogP) is 2.90. The Morgan fingerprint density at radius 1 is 0.783 bits per heavy atom. The summed E-state index contributed by atoms with van der Waals surface area (Å²) in [6, 6.07) is 16.2. The summed E-state index contributed by atoms with van der Waals surface area (Å²) in [6.07, 6.45) is 0. The van der Waals surface area contributed by atoms with Crippen molar-refractivity contribution in [2.45, 2.75) is 0 Å². The molecule has 5 heteroatoms.